The molecule has 3 heterocycles. The molecule has 1 saturated carbocycles. The fourth-order valence-electron chi connectivity index (χ4n) is 4.31. The van der Waals surface area contributed by atoms with Gasteiger partial charge in [-0.05, 0) is 55.9 Å². The van der Waals surface area contributed by atoms with E-state index in [4.69, 9.17) is 0 Å². The van der Waals surface area contributed by atoms with Gasteiger partial charge in [0.1, 0.15) is 5.78 Å². The van der Waals surface area contributed by atoms with E-state index in [9.17, 15) is 14.7 Å². The van der Waals surface area contributed by atoms with Crippen LogP contribution in [0.25, 0.3) is 16.9 Å². The molecular weight excluding hydrogens is 392 g/mol. The number of ketones is 1. The van der Waals surface area contributed by atoms with Crippen molar-refractivity contribution in [2.75, 3.05) is 19.7 Å². The second kappa shape index (κ2) is 8.23. The van der Waals surface area contributed by atoms with Gasteiger partial charge < -0.3 is 10.0 Å². The highest BCUT2D eigenvalue weighted by atomic mass is 16.3. The zero-order valence-electron chi connectivity index (χ0n) is 17.4. The molecule has 0 bridgehead atoms. The number of pyridine rings is 1. The molecule has 1 saturated heterocycles. The first-order valence-electron chi connectivity index (χ1n) is 11.0. The summed E-state index contributed by atoms with van der Waals surface area (Å²) >= 11 is 0. The third-order valence-corrected chi connectivity index (χ3v) is 6.26. The lowest BCUT2D eigenvalue weighted by Gasteiger charge is -2.32. The lowest BCUT2D eigenvalue weighted by Crippen LogP contribution is -2.40. The van der Waals surface area contributed by atoms with Crippen molar-refractivity contribution in [1.82, 2.24) is 19.5 Å². The Hall–Kier alpha value is -3.06. The van der Waals surface area contributed by atoms with Gasteiger partial charge in [0.2, 0.25) is 0 Å². The Morgan fingerprint density at radius 2 is 1.87 bits per heavy atom. The number of aromatic nitrogens is 3. The Bertz CT molecular complexity index is 1120. The third kappa shape index (κ3) is 4.10. The number of piperidine rings is 1. The quantitative estimate of drug-likeness (QED) is 0.665. The molecule has 2 aliphatic rings. The monoisotopic (exact) mass is 418 g/mol. The summed E-state index contributed by atoms with van der Waals surface area (Å²) < 4.78 is 1.77. The Morgan fingerprint density at radius 1 is 1.06 bits per heavy atom. The van der Waals surface area contributed by atoms with Crippen LogP contribution in [0.2, 0.25) is 0 Å². The van der Waals surface area contributed by atoms with Gasteiger partial charge in [-0.25, -0.2) is 9.50 Å². The predicted octanol–water partition coefficient (Wildman–Crippen LogP) is 2.76. The van der Waals surface area contributed by atoms with E-state index in [0.29, 0.717) is 23.6 Å². The van der Waals surface area contributed by atoms with Gasteiger partial charge in [-0.15, -0.1) is 0 Å². The second-order valence-corrected chi connectivity index (χ2v) is 8.65. The van der Waals surface area contributed by atoms with Crippen molar-refractivity contribution in [3.63, 3.8) is 0 Å². The highest BCUT2D eigenvalue weighted by Gasteiger charge is 2.30. The largest absolute Gasteiger partial charge is 0.396 e. The number of fused-ring (bicyclic) bond motifs is 1. The van der Waals surface area contributed by atoms with Gasteiger partial charge in [-0.2, -0.15) is 5.10 Å². The summed E-state index contributed by atoms with van der Waals surface area (Å²) in [6, 6.07) is 13.3. The molecule has 0 spiro atoms. The highest BCUT2D eigenvalue weighted by Crippen LogP contribution is 2.31. The Balaban J connectivity index is 1.37. The van der Waals surface area contributed by atoms with E-state index in [1.54, 1.807) is 4.52 Å². The lowest BCUT2D eigenvalue weighted by atomic mass is 9.98. The molecule has 7 heteroatoms. The summed E-state index contributed by atoms with van der Waals surface area (Å²) in [6.45, 7) is 1.47. The number of hydrogen-bond donors (Lipinski definition) is 1. The van der Waals surface area contributed by atoms with Crippen LogP contribution in [0.5, 0.6) is 0 Å². The van der Waals surface area contributed by atoms with E-state index >= 15 is 0 Å². The summed E-state index contributed by atoms with van der Waals surface area (Å²) in [4.78, 5) is 31.4. The molecule has 0 radical (unpaired) electrons. The summed E-state index contributed by atoms with van der Waals surface area (Å²) in [6.07, 6.45) is 4.15. The number of nitrogens with zero attached hydrogens (tertiary/aromatic N) is 4. The van der Waals surface area contributed by atoms with Gasteiger partial charge in [0.25, 0.3) is 5.91 Å². The molecule has 31 heavy (non-hydrogen) atoms. The number of carbonyl (C=O) groups is 2. The maximum absolute atomic E-state index is 12.9. The molecule has 1 aliphatic heterocycles. The molecule has 1 amide bonds. The van der Waals surface area contributed by atoms with Crippen molar-refractivity contribution in [3.8, 4) is 11.3 Å². The molecule has 1 unspecified atom stereocenters. The average molecular weight is 418 g/mol. The number of aliphatic hydroxyl groups excluding tert-OH is 1. The smallest absolute Gasteiger partial charge is 0.253 e. The van der Waals surface area contributed by atoms with Crippen LogP contribution in [0.1, 0.15) is 41.9 Å². The van der Waals surface area contributed by atoms with E-state index in [1.165, 1.54) is 0 Å². The van der Waals surface area contributed by atoms with E-state index < -0.39 is 0 Å². The van der Waals surface area contributed by atoms with Crippen LogP contribution in [0.4, 0.5) is 0 Å². The minimum Gasteiger partial charge on any atom is -0.396 e. The maximum Gasteiger partial charge on any atom is 0.253 e. The predicted molar refractivity (Wildman–Crippen MR) is 116 cm³/mol. The number of Topliss-reactive ketones (excluding diaryl/α,β-unsaturated/α-hetero) is 1. The number of amides is 1. The molecule has 2 aromatic heterocycles. The Kier molecular flexibility index (Phi) is 5.28. The highest BCUT2D eigenvalue weighted by molar-refractivity contribution is 5.94. The Morgan fingerprint density at radius 3 is 2.61 bits per heavy atom. The van der Waals surface area contributed by atoms with E-state index in [0.717, 1.165) is 43.5 Å². The van der Waals surface area contributed by atoms with Crippen LogP contribution in [0.15, 0.2) is 42.5 Å². The van der Waals surface area contributed by atoms with E-state index in [-0.39, 0.29) is 36.6 Å². The van der Waals surface area contributed by atoms with Gasteiger partial charge in [-0.1, -0.05) is 18.2 Å². The minimum absolute atomic E-state index is 0.00420. The standard InChI is InChI=1S/C24H26N4O3/c29-15-16-3-2-12-27(14-16)24(31)19-10-6-17(7-11-19)20-4-1-5-23-25-22(26-28(20)23)13-21(30)18-8-9-18/h1,4-7,10-11,16,18,29H,2-3,8-9,12-15H2. The van der Waals surface area contributed by atoms with Crippen LogP contribution < -0.4 is 0 Å². The van der Waals surface area contributed by atoms with Crippen molar-refractivity contribution in [2.24, 2.45) is 11.8 Å². The van der Waals surface area contributed by atoms with Crippen molar-refractivity contribution < 1.29 is 14.7 Å². The molecule has 2 fully saturated rings. The number of likely N-dealkylation sites (tertiary alicyclic amines) is 1. The third-order valence-electron chi connectivity index (χ3n) is 6.26. The van der Waals surface area contributed by atoms with Crippen LogP contribution in [-0.4, -0.2) is 56.0 Å². The SMILES string of the molecule is O=C(Cc1nc2cccc(-c3ccc(C(=O)N4CCCC(CO)C4)cc3)n2n1)C1CC1. The molecule has 7 nitrogen and oxygen atoms in total. The van der Waals surface area contributed by atoms with Crippen LogP contribution in [0, 0.1) is 11.8 Å². The van der Waals surface area contributed by atoms with Gasteiger partial charge in [0.15, 0.2) is 11.5 Å². The van der Waals surface area contributed by atoms with Gasteiger partial charge in [-0.3, -0.25) is 9.59 Å². The molecule has 1 atom stereocenters. The number of rotatable bonds is 6. The molecule has 5 rings (SSSR count). The first-order chi connectivity index (χ1) is 15.1. The van der Waals surface area contributed by atoms with Crippen LogP contribution in [-0.2, 0) is 11.2 Å². The van der Waals surface area contributed by atoms with Crippen LogP contribution >= 0.6 is 0 Å². The Labute approximate surface area is 180 Å². The molecule has 1 aromatic carbocycles. The maximum atomic E-state index is 12.9. The number of benzene rings is 1. The normalized spacial score (nSPS) is 19.0. The number of hydrogen-bond acceptors (Lipinski definition) is 5. The lowest BCUT2D eigenvalue weighted by molar-refractivity contribution is -0.119. The summed E-state index contributed by atoms with van der Waals surface area (Å²) in [5.74, 6) is 1.15. The summed E-state index contributed by atoms with van der Waals surface area (Å²) in [5.41, 5.74) is 3.15. The van der Waals surface area contributed by atoms with Crippen LogP contribution in [0.3, 0.4) is 0 Å². The van der Waals surface area contributed by atoms with Crippen molar-refractivity contribution >= 4 is 17.3 Å². The zero-order valence-corrected chi connectivity index (χ0v) is 17.4. The van der Waals surface area contributed by atoms with Crippen molar-refractivity contribution in [3.05, 3.63) is 53.9 Å². The summed E-state index contributed by atoms with van der Waals surface area (Å²) in [7, 11) is 0. The average Bonchev–Trinajstić information content (AvgIpc) is 3.58. The molecule has 1 N–H and O–H groups in total. The van der Waals surface area contributed by atoms with Gasteiger partial charge in [0.05, 0.1) is 12.1 Å². The van der Waals surface area contributed by atoms with Crippen molar-refractivity contribution in [1.29, 1.82) is 0 Å². The second-order valence-electron chi connectivity index (χ2n) is 8.65. The fourth-order valence-corrected chi connectivity index (χ4v) is 4.31. The molecule has 3 aromatic rings. The zero-order chi connectivity index (χ0) is 21.4. The minimum atomic E-state index is 0.00420. The van der Waals surface area contributed by atoms with Gasteiger partial charge in [0, 0.05) is 36.7 Å². The number of carbonyl (C=O) groups excluding carboxylic acids is 2. The fraction of sp³-hybridized carbons (Fsp3) is 0.417. The first-order valence-corrected chi connectivity index (χ1v) is 11.0. The molecule has 160 valence electrons. The van der Waals surface area contributed by atoms with Crippen molar-refractivity contribution in [2.45, 2.75) is 32.1 Å². The topological polar surface area (TPSA) is 87.8 Å². The first kappa shape index (κ1) is 19.9. The molecular formula is C24H26N4O3. The molecule has 1 aliphatic carbocycles. The van der Waals surface area contributed by atoms with Gasteiger partial charge >= 0.3 is 0 Å². The van der Waals surface area contributed by atoms with E-state index in [2.05, 4.69) is 10.1 Å². The van der Waals surface area contributed by atoms with E-state index in [1.807, 2.05) is 47.4 Å². The summed E-state index contributed by atoms with van der Waals surface area (Å²) in [5, 5.41) is 14.0. The number of aliphatic hydroxyl groups is 1.